The van der Waals surface area contributed by atoms with Crippen LogP contribution in [0.3, 0.4) is 0 Å². The van der Waals surface area contributed by atoms with Crippen molar-refractivity contribution in [2.24, 2.45) is 0 Å². The van der Waals surface area contributed by atoms with Crippen LogP contribution in [-0.2, 0) is 0 Å². The first kappa shape index (κ1) is 14.3. The van der Waals surface area contributed by atoms with Crippen molar-refractivity contribution in [1.82, 2.24) is 10.3 Å². The summed E-state index contributed by atoms with van der Waals surface area (Å²) in [6.07, 6.45) is 4.83. The van der Waals surface area contributed by atoms with Crippen LogP contribution in [0.25, 0.3) is 0 Å². The second-order valence-corrected chi connectivity index (χ2v) is 5.36. The molecule has 1 aliphatic heterocycles. The molecule has 1 fully saturated rings. The van der Waals surface area contributed by atoms with E-state index < -0.39 is 0 Å². The predicted octanol–water partition coefficient (Wildman–Crippen LogP) is 2.10. The highest BCUT2D eigenvalue weighted by atomic mass is 16.3. The third kappa shape index (κ3) is 3.91. The summed E-state index contributed by atoms with van der Waals surface area (Å²) in [7, 11) is 0. The van der Waals surface area contributed by atoms with Gasteiger partial charge in [-0.2, -0.15) is 0 Å². The lowest BCUT2D eigenvalue weighted by Gasteiger charge is -2.31. The molecular formula is C15H25N3O. The Morgan fingerprint density at radius 2 is 2.37 bits per heavy atom. The van der Waals surface area contributed by atoms with Gasteiger partial charge in [0.05, 0.1) is 23.7 Å². The molecule has 0 saturated carbocycles. The average molecular weight is 263 g/mol. The predicted molar refractivity (Wildman–Crippen MR) is 78.4 cm³/mol. The van der Waals surface area contributed by atoms with Gasteiger partial charge in [0, 0.05) is 19.1 Å². The molecule has 0 spiro atoms. The van der Waals surface area contributed by atoms with Crippen LogP contribution in [0, 0.1) is 0 Å². The van der Waals surface area contributed by atoms with Crippen molar-refractivity contribution >= 4 is 5.69 Å². The molecule has 2 unspecified atom stereocenters. The van der Waals surface area contributed by atoms with E-state index in [1.807, 2.05) is 6.20 Å². The number of anilines is 1. The summed E-state index contributed by atoms with van der Waals surface area (Å²) in [5.41, 5.74) is 2.19. The fraction of sp³-hybridized carbons (Fsp3) is 0.667. The Labute approximate surface area is 115 Å². The van der Waals surface area contributed by atoms with Crippen LogP contribution in [0.4, 0.5) is 5.69 Å². The van der Waals surface area contributed by atoms with Crippen LogP contribution in [0.15, 0.2) is 18.3 Å². The van der Waals surface area contributed by atoms with Gasteiger partial charge in [-0.3, -0.25) is 4.98 Å². The molecular weight excluding hydrogens is 238 g/mol. The first-order chi connectivity index (χ1) is 9.20. The zero-order valence-corrected chi connectivity index (χ0v) is 12.0. The molecule has 2 atom stereocenters. The Morgan fingerprint density at radius 1 is 1.53 bits per heavy atom. The summed E-state index contributed by atoms with van der Waals surface area (Å²) in [4.78, 5) is 6.76. The monoisotopic (exact) mass is 263 g/mol. The molecule has 0 radical (unpaired) electrons. The van der Waals surface area contributed by atoms with Crippen LogP contribution in [0.2, 0.25) is 0 Å². The lowest BCUT2D eigenvalue weighted by atomic mass is 10.1. The Hall–Kier alpha value is -1.13. The summed E-state index contributed by atoms with van der Waals surface area (Å²) in [6.45, 7) is 7.07. The molecule has 106 valence electrons. The molecule has 0 amide bonds. The van der Waals surface area contributed by atoms with Crippen LogP contribution < -0.4 is 10.2 Å². The highest BCUT2D eigenvalue weighted by Crippen LogP contribution is 2.20. The minimum Gasteiger partial charge on any atom is -0.391 e. The first-order valence-electron chi connectivity index (χ1n) is 7.33. The minimum atomic E-state index is -0.196. The van der Waals surface area contributed by atoms with Crippen molar-refractivity contribution in [2.75, 3.05) is 24.5 Å². The number of hydrogen-bond acceptors (Lipinski definition) is 4. The fourth-order valence-corrected chi connectivity index (χ4v) is 2.50. The van der Waals surface area contributed by atoms with Crippen LogP contribution >= 0.6 is 0 Å². The second-order valence-electron chi connectivity index (χ2n) is 5.36. The summed E-state index contributed by atoms with van der Waals surface area (Å²) in [5.74, 6) is 0. The highest BCUT2D eigenvalue weighted by Gasteiger charge is 2.18. The van der Waals surface area contributed by atoms with Crippen molar-refractivity contribution in [3.05, 3.63) is 24.0 Å². The molecule has 0 aliphatic carbocycles. The molecule has 2 heterocycles. The van der Waals surface area contributed by atoms with E-state index in [1.165, 1.54) is 0 Å². The van der Waals surface area contributed by atoms with Crippen LogP contribution in [0.5, 0.6) is 0 Å². The first-order valence-corrected chi connectivity index (χ1v) is 7.33. The fourth-order valence-electron chi connectivity index (χ4n) is 2.50. The SMILES string of the molecule is CCCNC(C)c1ccc(N2CCCC(O)C2)cn1. The van der Waals surface area contributed by atoms with Gasteiger partial charge >= 0.3 is 0 Å². The number of aliphatic hydroxyl groups is 1. The van der Waals surface area contributed by atoms with Crippen LogP contribution in [0.1, 0.15) is 44.8 Å². The summed E-state index contributed by atoms with van der Waals surface area (Å²) >= 11 is 0. The zero-order chi connectivity index (χ0) is 13.7. The average Bonchev–Trinajstić information content (AvgIpc) is 2.45. The number of nitrogens with zero attached hydrogens (tertiary/aromatic N) is 2. The zero-order valence-electron chi connectivity index (χ0n) is 12.0. The molecule has 4 heteroatoms. The third-order valence-electron chi connectivity index (χ3n) is 3.68. The Kier molecular flexibility index (Phi) is 5.16. The van der Waals surface area contributed by atoms with Gasteiger partial charge in [-0.15, -0.1) is 0 Å². The van der Waals surface area contributed by atoms with Crippen molar-refractivity contribution < 1.29 is 5.11 Å². The number of aliphatic hydroxyl groups excluding tert-OH is 1. The molecule has 4 nitrogen and oxygen atoms in total. The third-order valence-corrected chi connectivity index (χ3v) is 3.68. The largest absolute Gasteiger partial charge is 0.391 e. The molecule has 2 rings (SSSR count). The van der Waals surface area contributed by atoms with E-state index in [0.717, 1.165) is 50.3 Å². The number of pyridine rings is 1. The van der Waals surface area contributed by atoms with Crippen molar-refractivity contribution in [2.45, 2.75) is 45.3 Å². The number of piperidine rings is 1. The van der Waals surface area contributed by atoms with Gasteiger partial charge in [0.2, 0.25) is 0 Å². The van der Waals surface area contributed by atoms with Gasteiger partial charge in [-0.1, -0.05) is 6.92 Å². The maximum Gasteiger partial charge on any atom is 0.0715 e. The summed E-state index contributed by atoms with van der Waals surface area (Å²) < 4.78 is 0. The van der Waals surface area contributed by atoms with E-state index in [1.54, 1.807) is 0 Å². The van der Waals surface area contributed by atoms with Gasteiger partial charge in [0.15, 0.2) is 0 Å². The summed E-state index contributed by atoms with van der Waals surface area (Å²) in [6, 6.07) is 4.50. The number of nitrogens with one attached hydrogen (secondary N) is 1. The minimum absolute atomic E-state index is 0.196. The van der Waals surface area contributed by atoms with Crippen molar-refractivity contribution in [3.8, 4) is 0 Å². The Balaban J connectivity index is 1.97. The highest BCUT2D eigenvalue weighted by molar-refractivity contribution is 5.45. The number of rotatable bonds is 5. The van der Waals surface area contributed by atoms with Gasteiger partial charge in [-0.25, -0.2) is 0 Å². The molecule has 1 saturated heterocycles. The van der Waals surface area contributed by atoms with Crippen LogP contribution in [-0.4, -0.2) is 35.8 Å². The van der Waals surface area contributed by atoms with Crippen molar-refractivity contribution in [1.29, 1.82) is 0 Å². The molecule has 1 aromatic rings. The van der Waals surface area contributed by atoms with E-state index in [0.29, 0.717) is 6.04 Å². The van der Waals surface area contributed by atoms with Gasteiger partial charge < -0.3 is 15.3 Å². The van der Waals surface area contributed by atoms with Gasteiger partial charge in [-0.05, 0) is 44.9 Å². The topological polar surface area (TPSA) is 48.4 Å². The second kappa shape index (κ2) is 6.87. The van der Waals surface area contributed by atoms with Gasteiger partial charge in [0.1, 0.15) is 0 Å². The molecule has 0 bridgehead atoms. The molecule has 19 heavy (non-hydrogen) atoms. The number of hydrogen-bond donors (Lipinski definition) is 2. The summed E-state index contributed by atoms with van der Waals surface area (Å²) in [5, 5.41) is 13.1. The van der Waals surface area contributed by atoms with E-state index in [4.69, 9.17) is 0 Å². The van der Waals surface area contributed by atoms with Crippen molar-refractivity contribution in [3.63, 3.8) is 0 Å². The lowest BCUT2D eigenvalue weighted by Crippen LogP contribution is -2.38. The maximum absolute atomic E-state index is 9.71. The van der Waals surface area contributed by atoms with E-state index in [2.05, 4.69) is 41.2 Å². The number of β-amino-alcohol motifs (C(OH)–C–C–N with tert-alkyl or cyclic N) is 1. The van der Waals surface area contributed by atoms with E-state index in [-0.39, 0.29) is 6.10 Å². The molecule has 1 aromatic heterocycles. The number of aromatic nitrogens is 1. The standard InChI is InChI=1S/C15H25N3O/c1-3-8-16-12(2)15-7-6-13(10-17-15)18-9-4-5-14(19)11-18/h6-7,10,12,14,16,19H,3-5,8-9,11H2,1-2H3. The lowest BCUT2D eigenvalue weighted by molar-refractivity contribution is 0.154. The Morgan fingerprint density at radius 3 is 3.00 bits per heavy atom. The quantitative estimate of drug-likeness (QED) is 0.854. The maximum atomic E-state index is 9.71. The molecule has 2 N–H and O–H groups in total. The normalized spacial score (nSPS) is 21.4. The van der Waals surface area contributed by atoms with E-state index >= 15 is 0 Å². The smallest absolute Gasteiger partial charge is 0.0715 e. The van der Waals surface area contributed by atoms with Gasteiger partial charge in [0.25, 0.3) is 0 Å². The molecule has 1 aliphatic rings. The van der Waals surface area contributed by atoms with E-state index in [9.17, 15) is 5.11 Å². The molecule has 0 aromatic carbocycles. The Bertz CT molecular complexity index is 379.